The van der Waals surface area contributed by atoms with Crippen molar-refractivity contribution in [1.29, 1.82) is 0 Å². The molecule has 1 amide bonds. The molecule has 2 bridgehead atoms. The molecule has 2 atom stereocenters. The van der Waals surface area contributed by atoms with E-state index >= 15 is 0 Å². The van der Waals surface area contributed by atoms with Crippen molar-refractivity contribution < 1.29 is 9.53 Å². The van der Waals surface area contributed by atoms with Crippen molar-refractivity contribution in [1.82, 2.24) is 9.88 Å². The van der Waals surface area contributed by atoms with Gasteiger partial charge in [0.25, 0.3) is 5.91 Å². The largest absolute Gasteiger partial charge is 0.489 e. The number of hydrogen-bond donors (Lipinski definition) is 0. The fourth-order valence-corrected chi connectivity index (χ4v) is 4.81. The fourth-order valence-electron chi connectivity index (χ4n) is 4.81. The maximum Gasteiger partial charge on any atom is 0.254 e. The summed E-state index contributed by atoms with van der Waals surface area (Å²) in [6, 6.07) is 8.63. The summed E-state index contributed by atoms with van der Waals surface area (Å²) in [4.78, 5) is 19.6. The van der Waals surface area contributed by atoms with Gasteiger partial charge in [0.2, 0.25) is 0 Å². The van der Waals surface area contributed by atoms with Crippen LogP contribution in [-0.2, 0) is 0 Å². The lowest BCUT2D eigenvalue weighted by molar-refractivity contribution is 0.0357. The van der Waals surface area contributed by atoms with E-state index in [9.17, 15) is 4.79 Å². The smallest absolute Gasteiger partial charge is 0.254 e. The third-order valence-electron chi connectivity index (χ3n) is 5.75. The number of fused-ring (bicyclic) bond motifs is 2. The van der Waals surface area contributed by atoms with Crippen LogP contribution in [0, 0.1) is 20.8 Å². The van der Waals surface area contributed by atoms with Crippen LogP contribution in [0.1, 0.15) is 52.7 Å². The van der Waals surface area contributed by atoms with Gasteiger partial charge in [0.1, 0.15) is 11.9 Å². The minimum absolute atomic E-state index is 0.168. The van der Waals surface area contributed by atoms with Crippen molar-refractivity contribution in [2.75, 3.05) is 0 Å². The van der Waals surface area contributed by atoms with E-state index in [2.05, 4.69) is 28.9 Å². The molecule has 1 aromatic heterocycles. The number of pyridine rings is 1. The fraction of sp³-hybridized carbons (Fsp3) is 0.455. The van der Waals surface area contributed by atoms with Crippen molar-refractivity contribution in [2.24, 2.45) is 0 Å². The maximum atomic E-state index is 13.4. The van der Waals surface area contributed by atoms with Gasteiger partial charge in [0.15, 0.2) is 0 Å². The standard InChI is InChI=1S/C22H26N2O2/c1-14-9-15(2)21(16(3)10-14)22(25)24-17-6-7-18(24)12-20(11-17)26-19-5-4-8-23-13-19/h4-5,8-10,13,17-18,20H,6-7,11-12H2,1-3H3. The normalized spacial score (nSPS) is 24.6. The maximum absolute atomic E-state index is 13.4. The van der Waals surface area contributed by atoms with Crippen LogP contribution in [0.5, 0.6) is 5.75 Å². The van der Waals surface area contributed by atoms with Crippen molar-refractivity contribution in [2.45, 2.75) is 64.6 Å². The molecule has 4 rings (SSSR count). The predicted molar refractivity (Wildman–Crippen MR) is 102 cm³/mol. The molecule has 2 aromatic rings. The lowest BCUT2D eigenvalue weighted by Crippen LogP contribution is -2.49. The molecule has 1 aromatic carbocycles. The van der Waals surface area contributed by atoms with Crippen molar-refractivity contribution in [3.8, 4) is 5.75 Å². The highest BCUT2D eigenvalue weighted by atomic mass is 16.5. The van der Waals surface area contributed by atoms with Crippen LogP contribution in [-0.4, -0.2) is 34.0 Å². The van der Waals surface area contributed by atoms with Gasteiger partial charge in [-0.15, -0.1) is 0 Å². The van der Waals surface area contributed by atoms with Crippen molar-refractivity contribution in [3.63, 3.8) is 0 Å². The van der Waals surface area contributed by atoms with Gasteiger partial charge in [-0.3, -0.25) is 9.78 Å². The van der Waals surface area contributed by atoms with E-state index in [1.807, 2.05) is 26.0 Å². The second-order valence-electron chi connectivity index (χ2n) is 7.77. The molecule has 2 saturated heterocycles. The van der Waals surface area contributed by atoms with Gasteiger partial charge in [0.05, 0.1) is 6.20 Å². The molecule has 2 unspecified atom stereocenters. The van der Waals surface area contributed by atoms with E-state index in [4.69, 9.17) is 4.74 Å². The number of rotatable bonds is 3. The molecule has 4 nitrogen and oxygen atoms in total. The minimum atomic E-state index is 0.168. The van der Waals surface area contributed by atoms with Crippen LogP contribution < -0.4 is 4.74 Å². The van der Waals surface area contributed by atoms with E-state index in [-0.39, 0.29) is 24.1 Å². The van der Waals surface area contributed by atoms with Crippen molar-refractivity contribution in [3.05, 3.63) is 58.9 Å². The molecule has 0 radical (unpaired) electrons. The third kappa shape index (κ3) is 3.09. The Labute approximate surface area is 155 Å². The highest BCUT2D eigenvalue weighted by molar-refractivity contribution is 5.97. The van der Waals surface area contributed by atoms with Gasteiger partial charge in [-0.05, 0) is 56.9 Å². The van der Waals surface area contributed by atoms with E-state index in [0.29, 0.717) is 0 Å². The Morgan fingerprint density at radius 3 is 2.35 bits per heavy atom. The lowest BCUT2D eigenvalue weighted by Gasteiger charge is -2.39. The molecule has 4 heteroatoms. The molecule has 3 heterocycles. The van der Waals surface area contributed by atoms with Crippen LogP contribution in [0.2, 0.25) is 0 Å². The number of amides is 1. The number of aryl methyl sites for hydroxylation is 3. The second kappa shape index (κ2) is 6.75. The predicted octanol–water partition coefficient (Wildman–Crippen LogP) is 4.22. The van der Waals surface area contributed by atoms with E-state index < -0.39 is 0 Å². The summed E-state index contributed by atoms with van der Waals surface area (Å²) in [7, 11) is 0. The summed E-state index contributed by atoms with van der Waals surface area (Å²) in [5.74, 6) is 1.02. The zero-order chi connectivity index (χ0) is 18.3. The Kier molecular flexibility index (Phi) is 4.43. The van der Waals surface area contributed by atoms with Gasteiger partial charge in [-0.2, -0.15) is 0 Å². The quantitative estimate of drug-likeness (QED) is 0.832. The lowest BCUT2D eigenvalue weighted by atomic mass is 9.94. The molecule has 26 heavy (non-hydrogen) atoms. The van der Waals surface area contributed by atoms with Crippen LogP contribution >= 0.6 is 0 Å². The molecule has 2 fully saturated rings. The average Bonchev–Trinajstić information content (AvgIpc) is 2.86. The molecule has 136 valence electrons. The number of ether oxygens (including phenoxy) is 1. The highest BCUT2D eigenvalue weighted by Gasteiger charge is 2.44. The molecule has 0 N–H and O–H groups in total. The Hall–Kier alpha value is -2.36. The van der Waals surface area contributed by atoms with E-state index in [0.717, 1.165) is 48.1 Å². The molecule has 2 aliphatic rings. The number of aromatic nitrogens is 1. The number of carbonyl (C=O) groups excluding carboxylic acids is 1. The van der Waals surface area contributed by atoms with Crippen molar-refractivity contribution >= 4 is 5.91 Å². The molecular weight excluding hydrogens is 324 g/mol. The summed E-state index contributed by atoms with van der Waals surface area (Å²) in [5.41, 5.74) is 4.27. The zero-order valence-corrected chi connectivity index (χ0v) is 15.7. The Bertz CT molecular complexity index is 781. The monoisotopic (exact) mass is 350 g/mol. The Balaban J connectivity index is 1.53. The number of hydrogen-bond acceptors (Lipinski definition) is 3. The topological polar surface area (TPSA) is 42.4 Å². The first kappa shape index (κ1) is 17.1. The first-order valence-corrected chi connectivity index (χ1v) is 9.50. The summed E-state index contributed by atoms with van der Waals surface area (Å²) in [5, 5.41) is 0. The SMILES string of the molecule is Cc1cc(C)c(C(=O)N2C3CCC2CC(Oc2cccnc2)C3)c(C)c1. The molecule has 0 saturated carbocycles. The first-order chi connectivity index (χ1) is 12.5. The average molecular weight is 350 g/mol. The minimum Gasteiger partial charge on any atom is -0.489 e. The summed E-state index contributed by atoms with van der Waals surface area (Å²) >= 11 is 0. The highest BCUT2D eigenvalue weighted by Crippen LogP contribution is 2.38. The Morgan fingerprint density at radius 2 is 1.77 bits per heavy atom. The second-order valence-corrected chi connectivity index (χ2v) is 7.77. The van der Waals surface area contributed by atoms with Crippen LogP contribution in [0.4, 0.5) is 0 Å². The van der Waals surface area contributed by atoms with Gasteiger partial charge >= 0.3 is 0 Å². The molecule has 0 spiro atoms. The molecular formula is C22H26N2O2. The van der Waals surface area contributed by atoms with Crippen LogP contribution in [0.25, 0.3) is 0 Å². The zero-order valence-electron chi connectivity index (χ0n) is 15.7. The summed E-state index contributed by atoms with van der Waals surface area (Å²) in [6.45, 7) is 6.18. The van der Waals surface area contributed by atoms with Crippen LogP contribution in [0.3, 0.4) is 0 Å². The van der Waals surface area contributed by atoms with E-state index in [1.54, 1.807) is 12.4 Å². The van der Waals surface area contributed by atoms with E-state index in [1.165, 1.54) is 5.56 Å². The summed E-state index contributed by atoms with van der Waals surface area (Å²) < 4.78 is 6.13. The van der Waals surface area contributed by atoms with Crippen LogP contribution in [0.15, 0.2) is 36.7 Å². The number of piperidine rings is 1. The number of benzene rings is 1. The Morgan fingerprint density at radius 1 is 1.12 bits per heavy atom. The molecule has 0 aliphatic carbocycles. The van der Waals surface area contributed by atoms with Gasteiger partial charge in [-0.25, -0.2) is 0 Å². The number of nitrogens with zero attached hydrogens (tertiary/aromatic N) is 2. The first-order valence-electron chi connectivity index (χ1n) is 9.50. The summed E-state index contributed by atoms with van der Waals surface area (Å²) in [6.07, 6.45) is 7.64. The van der Waals surface area contributed by atoms with Gasteiger partial charge in [-0.1, -0.05) is 17.7 Å². The van der Waals surface area contributed by atoms with Gasteiger partial charge < -0.3 is 9.64 Å². The third-order valence-corrected chi connectivity index (χ3v) is 5.75. The number of carbonyl (C=O) groups is 1. The van der Waals surface area contributed by atoms with Gasteiger partial charge in [0, 0.05) is 36.7 Å². The molecule has 2 aliphatic heterocycles.